The third-order valence-corrected chi connectivity index (χ3v) is 4.55. The molecule has 0 heterocycles. The van der Waals surface area contributed by atoms with E-state index in [1.165, 1.54) is 58.3 Å². The summed E-state index contributed by atoms with van der Waals surface area (Å²) >= 11 is 0. The van der Waals surface area contributed by atoms with Crippen molar-refractivity contribution in [2.45, 2.75) is 51.1 Å². The van der Waals surface area contributed by atoms with Gasteiger partial charge in [-0.2, -0.15) is 0 Å². The van der Waals surface area contributed by atoms with Gasteiger partial charge in [-0.25, -0.2) is 0 Å². The second-order valence-electron chi connectivity index (χ2n) is 6.37. The summed E-state index contributed by atoms with van der Waals surface area (Å²) in [5, 5.41) is 3.71. The molecule has 3 nitrogen and oxygen atoms in total. The van der Waals surface area contributed by atoms with Crippen molar-refractivity contribution in [3.63, 3.8) is 0 Å². The van der Waals surface area contributed by atoms with Crippen LogP contribution in [0, 0.1) is 5.92 Å². The van der Waals surface area contributed by atoms with Gasteiger partial charge in [-0.3, -0.25) is 0 Å². The van der Waals surface area contributed by atoms with Crippen molar-refractivity contribution >= 4 is 0 Å². The zero-order chi connectivity index (χ0) is 13.0. The van der Waals surface area contributed by atoms with E-state index in [-0.39, 0.29) is 0 Å². The van der Waals surface area contributed by atoms with Crippen LogP contribution < -0.4 is 5.32 Å². The number of hydrogen-bond donors (Lipinski definition) is 1. The van der Waals surface area contributed by atoms with E-state index in [0.29, 0.717) is 0 Å². The van der Waals surface area contributed by atoms with Crippen molar-refractivity contribution in [3.8, 4) is 0 Å². The second kappa shape index (κ2) is 6.88. The third-order valence-electron chi connectivity index (χ3n) is 4.55. The highest BCUT2D eigenvalue weighted by Crippen LogP contribution is 2.32. The van der Waals surface area contributed by atoms with Crippen LogP contribution >= 0.6 is 0 Å². The highest BCUT2D eigenvalue weighted by molar-refractivity contribution is 4.92. The van der Waals surface area contributed by atoms with Crippen molar-refractivity contribution in [1.82, 2.24) is 15.1 Å². The molecule has 2 rings (SSSR count). The molecule has 0 saturated heterocycles. The molecule has 106 valence electrons. The van der Waals surface area contributed by atoms with Crippen LogP contribution in [0.15, 0.2) is 0 Å². The van der Waals surface area contributed by atoms with Crippen molar-refractivity contribution in [2.75, 3.05) is 40.3 Å². The first kappa shape index (κ1) is 14.3. The maximum absolute atomic E-state index is 3.71. The number of nitrogens with one attached hydrogen (secondary N) is 1. The minimum Gasteiger partial charge on any atom is -0.314 e. The number of nitrogens with zero attached hydrogens (tertiary/aromatic N) is 2. The van der Waals surface area contributed by atoms with Gasteiger partial charge in [0.1, 0.15) is 0 Å². The zero-order valence-electron chi connectivity index (χ0n) is 12.5. The Hall–Kier alpha value is -0.120. The lowest BCUT2D eigenvalue weighted by atomic mass is 9.78. The van der Waals surface area contributed by atoms with E-state index in [4.69, 9.17) is 0 Å². The first-order chi connectivity index (χ1) is 8.70. The van der Waals surface area contributed by atoms with Gasteiger partial charge in [-0.1, -0.05) is 6.92 Å². The first-order valence-electron chi connectivity index (χ1n) is 7.83. The van der Waals surface area contributed by atoms with Gasteiger partial charge in [0.2, 0.25) is 0 Å². The van der Waals surface area contributed by atoms with Crippen LogP contribution in [0.2, 0.25) is 0 Å². The highest BCUT2D eigenvalue weighted by atomic mass is 15.2. The molecule has 2 aliphatic rings. The summed E-state index contributed by atoms with van der Waals surface area (Å²) in [6, 6.07) is 1.73. The molecule has 2 atom stereocenters. The summed E-state index contributed by atoms with van der Waals surface area (Å²) in [6.45, 7) is 7.30. The van der Waals surface area contributed by atoms with E-state index in [9.17, 15) is 0 Å². The Morgan fingerprint density at radius 2 is 1.83 bits per heavy atom. The lowest BCUT2D eigenvalue weighted by molar-refractivity contribution is 0.0633. The average Bonchev–Trinajstić information content (AvgIpc) is 3.09. The monoisotopic (exact) mass is 253 g/mol. The lowest BCUT2D eigenvalue weighted by Gasteiger charge is -2.44. The van der Waals surface area contributed by atoms with E-state index in [2.05, 4.69) is 36.1 Å². The fraction of sp³-hybridized carbons (Fsp3) is 1.00. The fourth-order valence-corrected chi connectivity index (χ4v) is 3.02. The topological polar surface area (TPSA) is 18.5 Å². The number of rotatable bonds is 9. The molecule has 2 fully saturated rings. The molecule has 0 aromatic carbocycles. The van der Waals surface area contributed by atoms with Crippen molar-refractivity contribution < 1.29 is 0 Å². The summed E-state index contributed by atoms with van der Waals surface area (Å²) in [4.78, 5) is 5.01. The molecule has 0 aliphatic heterocycles. The Labute approximate surface area is 113 Å². The van der Waals surface area contributed by atoms with E-state index >= 15 is 0 Å². The molecular weight excluding hydrogens is 222 g/mol. The Morgan fingerprint density at radius 1 is 1.06 bits per heavy atom. The molecule has 2 saturated carbocycles. The average molecular weight is 253 g/mol. The second-order valence-corrected chi connectivity index (χ2v) is 6.37. The molecule has 2 aliphatic carbocycles. The van der Waals surface area contributed by atoms with Crippen molar-refractivity contribution in [3.05, 3.63) is 0 Å². The third kappa shape index (κ3) is 4.22. The van der Waals surface area contributed by atoms with Gasteiger partial charge >= 0.3 is 0 Å². The van der Waals surface area contributed by atoms with E-state index < -0.39 is 0 Å². The van der Waals surface area contributed by atoms with Crippen LogP contribution in [0.4, 0.5) is 0 Å². The fourth-order valence-electron chi connectivity index (χ4n) is 3.02. The molecule has 0 spiro atoms. The first-order valence-corrected chi connectivity index (χ1v) is 7.83. The smallest absolute Gasteiger partial charge is 0.0136 e. The van der Waals surface area contributed by atoms with E-state index in [1.807, 2.05) is 0 Å². The van der Waals surface area contributed by atoms with Crippen LogP contribution in [-0.2, 0) is 0 Å². The molecule has 0 aromatic rings. The van der Waals surface area contributed by atoms with Gasteiger partial charge in [0.15, 0.2) is 0 Å². The standard InChI is InChI=1S/C15H31N3/c1-4-18(11-5-10-17(2)3)15-9-6-13(15)12-16-14-7-8-14/h13-16H,4-12H2,1-3H3. The minimum absolute atomic E-state index is 0.864. The van der Waals surface area contributed by atoms with E-state index in [0.717, 1.165) is 18.0 Å². The summed E-state index contributed by atoms with van der Waals surface area (Å²) in [6.07, 6.45) is 7.00. The molecule has 18 heavy (non-hydrogen) atoms. The maximum atomic E-state index is 3.71. The Morgan fingerprint density at radius 3 is 2.33 bits per heavy atom. The van der Waals surface area contributed by atoms with Crippen LogP contribution in [0.1, 0.15) is 39.0 Å². The van der Waals surface area contributed by atoms with Gasteiger partial charge in [-0.15, -0.1) is 0 Å². The Balaban J connectivity index is 1.65. The largest absolute Gasteiger partial charge is 0.314 e. The van der Waals surface area contributed by atoms with Crippen molar-refractivity contribution in [1.29, 1.82) is 0 Å². The predicted octanol–water partition coefficient (Wildman–Crippen LogP) is 1.79. The summed E-state index contributed by atoms with van der Waals surface area (Å²) in [7, 11) is 4.34. The zero-order valence-corrected chi connectivity index (χ0v) is 12.5. The summed E-state index contributed by atoms with van der Waals surface area (Å²) < 4.78 is 0. The molecule has 0 radical (unpaired) electrons. The van der Waals surface area contributed by atoms with Crippen LogP contribution in [-0.4, -0.2) is 62.2 Å². The quantitative estimate of drug-likeness (QED) is 0.676. The summed E-state index contributed by atoms with van der Waals surface area (Å²) in [5.74, 6) is 0.921. The maximum Gasteiger partial charge on any atom is 0.0136 e. The SMILES string of the molecule is CCN(CCCN(C)C)C1CCC1CNC1CC1. The van der Waals surface area contributed by atoms with Crippen LogP contribution in [0.5, 0.6) is 0 Å². The molecule has 2 unspecified atom stereocenters. The van der Waals surface area contributed by atoms with Gasteiger partial charge in [0.05, 0.1) is 0 Å². The molecule has 3 heteroatoms. The number of hydrogen-bond acceptors (Lipinski definition) is 3. The summed E-state index contributed by atoms with van der Waals surface area (Å²) in [5.41, 5.74) is 0. The normalized spacial score (nSPS) is 27.8. The Bertz CT molecular complexity index is 236. The molecule has 0 aromatic heterocycles. The molecule has 0 amide bonds. The van der Waals surface area contributed by atoms with Gasteiger partial charge in [-0.05, 0) is 78.3 Å². The molecule has 1 N–H and O–H groups in total. The van der Waals surface area contributed by atoms with Crippen LogP contribution in [0.3, 0.4) is 0 Å². The van der Waals surface area contributed by atoms with Crippen molar-refractivity contribution in [2.24, 2.45) is 5.92 Å². The van der Waals surface area contributed by atoms with E-state index in [1.54, 1.807) is 0 Å². The Kier molecular flexibility index (Phi) is 5.46. The minimum atomic E-state index is 0.864. The van der Waals surface area contributed by atoms with Gasteiger partial charge in [0, 0.05) is 12.1 Å². The van der Waals surface area contributed by atoms with Gasteiger partial charge < -0.3 is 15.1 Å². The lowest BCUT2D eigenvalue weighted by Crippen LogP contribution is -2.51. The van der Waals surface area contributed by atoms with Gasteiger partial charge in [0.25, 0.3) is 0 Å². The van der Waals surface area contributed by atoms with Crippen LogP contribution in [0.25, 0.3) is 0 Å². The highest BCUT2D eigenvalue weighted by Gasteiger charge is 2.35. The molecular formula is C15H31N3. The molecule has 0 bridgehead atoms. The predicted molar refractivity (Wildman–Crippen MR) is 78.0 cm³/mol.